The minimum Gasteiger partial charge on any atom is -0.283 e. The summed E-state index contributed by atoms with van der Waals surface area (Å²) in [5, 5.41) is 0. The highest BCUT2D eigenvalue weighted by Gasteiger charge is 2.00. The van der Waals surface area contributed by atoms with Gasteiger partial charge in [-0.25, -0.2) is 12.8 Å². The molecule has 1 aromatic carbocycles. The fraction of sp³-hybridized carbons (Fsp3) is 0.143. The molecule has 12 heavy (non-hydrogen) atoms. The van der Waals surface area contributed by atoms with E-state index < -0.39 is 16.7 Å². The fourth-order valence-corrected chi connectivity index (χ4v) is 1.19. The molecule has 0 radical (unpaired) electrons. The number of rotatable bonds is 2. The highest BCUT2D eigenvalue weighted by molar-refractivity contribution is 7.73. The Kier molecular flexibility index (Phi) is 2.65. The summed E-state index contributed by atoms with van der Waals surface area (Å²) in [5.74, 6) is -0.561. The van der Waals surface area contributed by atoms with Crippen molar-refractivity contribution in [3.8, 4) is 0 Å². The van der Waals surface area contributed by atoms with Gasteiger partial charge in [0.1, 0.15) is 5.82 Å². The average Bonchev–Trinajstić information content (AvgIpc) is 1.94. The van der Waals surface area contributed by atoms with Crippen LogP contribution in [-0.2, 0) is 10.9 Å². The molecule has 0 fully saturated rings. The minimum atomic E-state index is -2.79. The van der Waals surface area contributed by atoms with Crippen LogP contribution in [-0.4, -0.2) is 8.42 Å². The van der Waals surface area contributed by atoms with E-state index in [2.05, 4.69) is 0 Å². The highest BCUT2D eigenvalue weighted by atomic mass is 32.2. The van der Waals surface area contributed by atoms with Crippen LogP contribution in [0.2, 0.25) is 0 Å². The maximum atomic E-state index is 12.9. The lowest BCUT2D eigenvalue weighted by molar-refractivity contribution is 0.614. The van der Waals surface area contributed by atoms with Crippen molar-refractivity contribution in [2.75, 3.05) is 4.72 Å². The molecule has 0 aliphatic carbocycles. The van der Waals surface area contributed by atoms with Gasteiger partial charge in [0.25, 0.3) is 0 Å². The van der Waals surface area contributed by atoms with Crippen molar-refractivity contribution in [3.05, 3.63) is 29.6 Å². The molecule has 0 unspecified atom stereocenters. The molecule has 3 nitrogen and oxygen atoms in total. The van der Waals surface area contributed by atoms with E-state index in [1.807, 2.05) is 4.72 Å². The van der Waals surface area contributed by atoms with Crippen LogP contribution < -0.4 is 4.72 Å². The molecule has 1 rings (SSSR count). The topological polar surface area (TPSA) is 46.2 Å². The lowest BCUT2D eigenvalue weighted by Gasteiger charge is -2.00. The first-order chi connectivity index (χ1) is 5.59. The van der Waals surface area contributed by atoms with E-state index in [9.17, 15) is 12.8 Å². The van der Waals surface area contributed by atoms with Gasteiger partial charge in [-0.2, -0.15) is 0 Å². The van der Waals surface area contributed by atoms with Gasteiger partial charge in [0.2, 0.25) is 10.9 Å². The molecule has 1 aromatic rings. The van der Waals surface area contributed by atoms with Crippen molar-refractivity contribution >= 4 is 16.6 Å². The Morgan fingerprint density at radius 3 is 2.58 bits per heavy atom. The summed E-state index contributed by atoms with van der Waals surface area (Å²) in [6, 6.07) is 4.28. The van der Waals surface area contributed by atoms with Crippen LogP contribution in [0.25, 0.3) is 0 Å². The number of hydrogen-bond donors (Lipinski definition) is 2. The summed E-state index contributed by atoms with van der Waals surface area (Å²) in [4.78, 5) is 0. The summed E-state index contributed by atoms with van der Waals surface area (Å²) < 4.78 is 35.2. The minimum absolute atomic E-state index is 0.0169. The molecule has 0 aliphatic rings. The van der Waals surface area contributed by atoms with E-state index in [1.165, 1.54) is 12.1 Å². The van der Waals surface area contributed by atoms with E-state index in [-0.39, 0.29) is 5.69 Å². The molecule has 0 bridgehead atoms. The zero-order valence-electron chi connectivity index (χ0n) is 6.37. The molecule has 5 heteroatoms. The Bertz CT molecular complexity index is 354. The van der Waals surface area contributed by atoms with Gasteiger partial charge >= 0.3 is 0 Å². The molecular weight excluding hydrogens is 181 g/mol. The van der Waals surface area contributed by atoms with Crippen molar-refractivity contribution in [1.29, 1.82) is 0 Å². The molecule has 0 aromatic heterocycles. The van der Waals surface area contributed by atoms with Crippen molar-refractivity contribution < 1.29 is 12.8 Å². The molecule has 0 atom stereocenters. The third kappa shape index (κ3) is 2.20. The second-order valence-electron chi connectivity index (χ2n) is 2.35. The molecule has 0 amide bonds. The van der Waals surface area contributed by atoms with E-state index >= 15 is 0 Å². The normalized spacial score (nSPS) is 10.2. The number of halogens is 1. The predicted octanol–water partition coefficient (Wildman–Crippen LogP) is 1.07. The molecule has 0 saturated carbocycles. The third-order valence-corrected chi connectivity index (χ3v) is 1.76. The number of benzene rings is 1. The second kappa shape index (κ2) is 3.53. The van der Waals surface area contributed by atoms with Gasteiger partial charge < -0.3 is 0 Å². The summed E-state index contributed by atoms with van der Waals surface area (Å²) in [7, 11) is -2.79. The molecule has 1 N–H and O–H groups in total. The van der Waals surface area contributed by atoms with Gasteiger partial charge in [-0.05, 0) is 24.6 Å². The van der Waals surface area contributed by atoms with Gasteiger partial charge in [0, 0.05) is 0 Å². The van der Waals surface area contributed by atoms with Crippen LogP contribution in [0, 0.1) is 12.7 Å². The maximum Gasteiger partial charge on any atom is 0.222 e. The van der Waals surface area contributed by atoms with Crippen LogP contribution in [0.5, 0.6) is 0 Å². The van der Waals surface area contributed by atoms with Crippen molar-refractivity contribution in [2.24, 2.45) is 0 Å². The number of thiol groups is 1. The third-order valence-electron chi connectivity index (χ3n) is 1.34. The van der Waals surface area contributed by atoms with E-state index in [1.54, 1.807) is 13.0 Å². The Morgan fingerprint density at radius 2 is 2.08 bits per heavy atom. The van der Waals surface area contributed by atoms with Crippen molar-refractivity contribution in [3.63, 3.8) is 0 Å². The summed E-state index contributed by atoms with van der Waals surface area (Å²) in [6.45, 7) is 1.73. The van der Waals surface area contributed by atoms with Crippen LogP contribution in [0.4, 0.5) is 10.1 Å². The summed E-state index contributed by atoms with van der Waals surface area (Å²) in [6.07, 6.45) is 0. The van der Waals surface area contributed by atoms with Crippen LogP contribution >= 0.6 is 0 Å². The van der Waals surface area contributed by atoms with Gasteiger partial charge in [0.05, 0.1) is 5.69 Å². The van der Waals surface area contributed by atoms with Crippen LogP contribution in [0.15, 0.2) is 18.2 Å². The highest BCUT2D eigenvalue weighted by Crippen LogP contribution is 2.14. The van der Waals surface area contributed by atoms with E-state index in [0.717, 1.165) is 5.56 Å². The van der Waals surface area contributed by atoms with Gasteiger partial charge in [-0.15, -0.1) is 0 Å². The monoisotopic (exact) mass is 189 g/mol. The number of hydrogen-bond acceptors (Lipinski definition) is 2. The second-order valence-corrected chi connectivity index (χ2v) is 3.09. The number of anilines is 1. The fourth-order valence-electron chi connectivity index (χ4n) is 0.809. The Balaban J connectivity index is 3.01. The largest absolute Gasteiger partial charge is 0.283 e. The summed E-state index contributed by atoms with van der Waals surface area (Å²) >= 11 is 0. The first kappa shape index (κ1) is 8.99. The number of aryl methyl sites for hydroxylation is 1. The van der Waals surface area contributed by atoms with Crippen molar-refractivity contribution in [1.82, 2.24) is 0 Å². The quantitative estimate of drug-likeness (QED) is 0.684. The molecule has 0 heterocycles. The smallest absolute Gasteiger partial charge is 0.222 e. The van der Waals surface area contributed by atoms with Crippen LogP contribution in [0.3, 0.4) is 0 Å². The first-order valence-corrected chi connectivity index (χ1v) is 4.44. The number of nitrogens with one attached hydrogen (secondary N) is 1. The van der Waals surface area contributed by atoms with Gasteiger partial charge in [-0.3, -0.25) is 4.72 Å². The lowest BCUT2D eigenvalue weighted by atomic mass is 10.2. The zero-order valence-corrected chi connectivity index (χ0v) is 7.27. The lowest BCUT2D eigenvalue weighted by Crippen LogP contribution is -1.97. The first-order valence-electron chi connectivity index (χ1n) is 3.27. The Morgan fingerprint density at radius 1 is 1.42 bits per heavy atom. The van der Waals surface area contributed by atoms with E-state index in [4.69, 9.17) is 0 Å². The Labute approximate surface area is 71.3 Å². The Hall–Kier alpha value is -1.10. The molecular formula is C7H8FNO2S. The molecule has 0 spiro atoms. The average molecular weight is 189 g/mol. The van der Waals surface area contributed by atoms with Crippen molar-refractivity contribution in [2.45, 2.75) is 6.92 Å². The van der Waals surface area contributed by atoms with Gasteiger partial charge in [-0.1, -0.05) is 6.07 Å². The molecule has 0 saturated heterocycles. The maximum absolute atomic E-state index is 12.9. The SMILES string of the molecule is Cc1ccc(N[SH](=O)=O)c(F)c1. The standard InChI is InChI=1S/C7H8FNO2S/c1-5-2-3-7(6(8)4-5)9-12(10)11/h2-4,12H,1H3,(H,9,10,11). The zero-order chi connectivity index (χ0) is 9.14. The predicted molar refractivity (Wildman–Crippen MR) is 45.1 cm³/mol. The van der Waals surface area contributed by atoms with Gasteiger partial charge in [0.15, 0.2) is 0 Å². The summed E-state index contributed by atoms with van der Waals surface area (Å²) in [5.41, 5.74) is 0.732. The molecule has 66 valence electrons. The van der Waals surface area contributed by atoms with E-state index in [0.29, 0.717) is 0 Å². The molecule has 0 aliphatic heterocycles. The van der Waals surface area contributed by atoms with Crippen LogP contribution in [0.1, 0.15) is 5.56 Å².